The number of aliphatic hydroxyl groups is 2. The number of nitrogens with zero attached hydrogens (tertiary/aromatic N) is 3. The summed E-state index contributed by atoms with van der Waals surface area (Å²) in [6, 6.07) is 0. The van der Waals surface area contributed by atoms with Crippen LogP contribution >= 0.6 is 0 Å². The Morgan fingerprint density at radius 3 is 1.88 bits per heavy atom. The van der Waals surface area contributed by atoms with Gasteiger partial charge in [-0.1, -0.05) is 82.8 Å². The van der Waals surface area contributed by atoms with Gasteiger partial charge in [-0.15, -0.1) is 5.10 Å². The lowest BCUT2D eigenvalue weighted by molar-refractivity contribution is -0.489. The van der Waals surface area contributed by atoms with Gasteiger partial charge in [-0.25, -0.2) is 0 Å². The summed E-state index contributed by atoms with van der Waals surface area (Å²) in [5.41, 5.74) is 3.88. The molecule has 0 aliphatic heterocycles. The number of rotatable bonds is 17. The SMILES string of the molecule is CCCCCCCCCCCCCCn1cc(CC([NH3+])(CO)CO)nn1. The molecule has 0 radical (unpaired) electrons. The Hall–Kier alpha value is -0.980. The van der Waals surface area contributed by atoms with E-state index in [9.17, 15) is 10.2 Å². The van der Waals surface area contributed by atoms with Gasteiger partial charge in [0.1, 0.15) is 18.8 Å². The van der Waals surface area contributed by atoms with E-state index < -0.39 is 5.54 Å². The van der Waals surface area contributed by atoms with Crippen LogP contribution in [-0.4, -0.2) is 44.0 Å². The largest absolute Gasteiger partial charge is 0.390 e. The van der Waals surface area contributed by atoms with Crippen molar-refractivity contribution in [2.45, 2.75) is 102 Å². The van der Waals surface area contributed by atoms with E-state index in [1.54, 1.807) is 0 Å². The fourth-order valence-electron chi connectivity index (χ4n) is 3.19. The molecule has 0 aliphatic rings. The Kier molecular flexibility index (Phi) is 12.5. The molecule has 5 N–H and O–H groups in total. The minimum atomic E-state index is -0.767. The van der Waals surface area contributed by atoms with Crippen LogP contribution in [0, 0.1) is 0 Å². The standard InChI is InChI=1S/C20H40N4O2/c1-2-3-4-5-6-7-8-9-10-11-12-13-14-24-16-19(22-23-24)15-20(21,17-25)18-26/h16,25-26H,2-15,17-18,21H2,1H3/p+1. The van der Waals surface area contributed by atoms with Gasteiger partial charge in [-0.2, -0.15) is 0 Å². The zero-order chi connectivity index (χ0) is 19.1. The third kappa shape index (κ3) is 10.2. The molecular weight excluding hydrogens is 328 g/mol. The number of hydrogen-bond acceptors (Lipinski definition) is 4. The molecule has 0 aliphatic carbocycles. The molecule has 0 unspecified atom stereocenters. The summed E-state index contributed by atoms with van der Waals surface area (Å²) in [5, 5.41) is 26.9. The second-order valence-corrected chi connectivity index (χ2v) is 7.86. The van der Waals surface area contributed by atoms with E-state index in [1.165, 1.54) is 70.6 Å². The van der Waals surface area contributed by atoms with Crippen molar-refractivity contribution >= 4 is 0 Å². The quantitative estimate of drug-likeness (QED) is 0.367. The molecule has 0 atom stereocenters. The molecule has 6 heteroatoms. The lowest BCUT2D eigenvalue weighted by Crippen LogP contribution is -2.77. The summed E-state index contributed by atoms with van der Waals surface area (Å²) < 4.78 is 1.86. The van der Waals surface area contributed by atoms with Gasteiger partial charge in [0.25, 0.3) is 0 Å². The van der Waals surface area contributed by atoms with Gasteiger partial charge < -0.3 is 15.9 Å². The smallest absolute Gasteiger partial charge is 0.147 e. The van der Waals surface area contributed by atoms with Crippen molar-refractivity contribution in [2.75, 3.05) is 13.2 Å². The fourth-order valence-corrected chi connectivity index (χ4v) is 3.19. The van der Waals surface area contributed by atoms with E-state index >= 15 is 0 Å². The van der Waals surface area contributed by atoms with E-state index in [0.717, 1.165) is 18.7 Å². The number of quaternary nitrogens is 1. The van der Waals surface area contributed by atoms with Gasteiger partial charge in [0.05, 0.1) is 12.1 Å². The molecular formula is C20H41N4O2+. The van der Waals surface area contributed by atoms with Gasteiger partial charge in [-0.3, -0.25) is 4.68 Å². The van der Waals surface area contributed by atoms with Crippen LogP contribution in [0.5, 0.6) is 0 Å². The Morgan fingerprint density at radius 1 is 0.885 bits per heavy atom. The average Bonchev–Trinajstić information content (AvgIpc) is 3.09. The Balaban J connectivity index is 2.00. The van der Waals surface area contributed by atoms with Crippen LogP contribution in [0.15, 0.2) is 6.20 Å². The molecule has 152 valence electrons. The van der Waals surface area contributed by atoms with Crippen molar-refractivity contribution in [2.24, 2.45) is 0 Å². The average molecular weight is 370 g/mol. The van der Waals surface area contributed by atoms with Crippen molar-refractivity contribution in [3.05, 3.63) is 11.9 Å². The minimum Gasteiger partial charge on any atom is -0.390 e. The Labute approximate surface area is 159 Å². The first-order valence-corrected chi connectivity index (χ1v) is 10.6. The number of aryl methyl sites for hydroxylation is 1. The molecule has 0 spiro atoms. The van der Waals surface area contributed by atoms with Crippen LogP contribution in [0.2, 0.25) is 0 Å². The lowest BCUT2D eigenvalue weighted by atomic mass is 9.97. The fraction of sp³-hybridized carbons (Fsp3) is 0.900. The van der Waals surface area contributed by atoms with E-state index in [-0.39, 0.29) is 13.2 Å². The summed E-state index contributed by atoms with van der Waals surface area (Å²) in [4.78, 5) is 0. The zero-order valence-electron chi connectivity index (χ0n) is 16.8. The van der Waals surface area contributed by atoms with Crippen LogP contribution in [0.1, 0.15) is 89.7 Å². The molecule has 1 rings (SSSR count). The maximum absolute atomic E-state index is 9.30. The van der Waals surface area contributed by atoms with Crippen LogP contribution in [0.3, 0.4) is 0 Å². The minimum absolute atomic E-state index is 0.158. The number of hydrogen-bond donors (Lipinski definition) is 3. The summed E-state index contributed by atoms with van der Waals surface area (Å²) >= 11 is 0. The maximum Gasteiger partial charge on any atom is 0.147 e. The van der Waals surface area contributed by atoms with Crippen LogP contribution in [0.25, 0.3) is 0 Å². The lowest BCUT2D eigenvalue weighted by Gasteiger charge is -2.18. The van der Waals surface area contributed by atoms with E-state index in [2.05, 4.69) is 23.0 Å². The molecule has 0 aromatic carbocycles. The Morgan fingerprint density at radius 2 is 1.38 bits per heavy atom. The molecule has 0 bridgehead atoms. The highest BCUT2D eigenvalue weighted by molar-refractivity contribution is 4.99. The van der Waals surface area contributed by atoms with Crippen LogP contribution < -0.4 is 5.73 Å². The first kappa shape index (κ1) is 23.1. The topological polar surface area (TPSA) is 98.8 Å². The molecule has 0 amide bonds. The molecule has 6 nitrogen and oxygen atoms in total. The zero-order valence-corrected chi connectivity index (χ0v) is 16.8. The van der Waals surface area contributed by atoms with Crippen molar-refractivity contribution in [1.82, 2.24) is 15.0 Å². The molecule has 1 aromatic rings. The molecule has 1 aromatic heterocycles. The monoisotopic (exact) mass is 369 g/mol. The van der Waals surface area contributed by atoms with Crippen molar-refractivity contribution in [3.8, 4) is 0 Å². The third-order valence-electron chi connectivity index (χ3n) is 5.05. The predicted octanol–water partition coefficient (Wildman–Crippen LogP) is 2.49. The highest BCUT2D eigenvalue weighted by atomic mass is 16.3. The van der Waals surface area contributed by atoms with Gasteiger partial charge in [0, 0.05) is 12.7 Å². The van der Waals surface area contributed by atoms with Gasteiger partial charge in [0.15, 0.2) is 0 Å². The van der Waals surface area contributed by atoms with Gasteiger partial charge in [-0.05, 0) is 6.42 Å². The van der Waals surface area contributed by atoms with Crippen LogP contribution in [-0.2, 0) is 13.0 Å². The van der Waals surface area contributed by atoms with E-state index in [1.807, 2.05) is 10.9 Å². The first-order chi connectivity index (χ1) is 12.6. The number of aromatic nitrogens is 3. The molecule has 1 heterocycles. The van der Waals surface area contributed by atoms with Gasteiger partial charge >= 0.3 is 0 Å². The summed E-state index contributed by atoms with van der Waals surface area (Å²) in [6.07, 6.45) is 18.5. The Bertz CT molecular complexity index is 447. The molecule has 26 heavy (non-hydrogen) atoms. The van der Waals surface area contributed by atoms with Crippen molar-refractivity contribution in [3.63, 3.8) is 0 Å². The number of unbranched alkanes of at least 4 members (excludes halogenated alkanes) is 11. The van der Waals surface area contributed by atoms with E-state index in [4.69, 9.17) is 0 Å². The highest BCUT2D eigenvalue weighted by Crippen LogP contribution is 2.12. The van der Waals surface area contributed by atoms with Gasteiger partial charge in [0.2, 0.25) is 0 Å². The molecule has 0 saturated heterocycles. The second kappa shape index (κ2) is 14.1. The third-order valence-corrected chi connectivity index (χ3v) is 5.05. The van der Waals surface area contributed by atoms with Crippen molar-refractivity contribution in [1.29, 1.82) is 0 Å². The first-order valence-electron chi connectivity index (χ1n) is 10.6. The van der Waals surface area contributed by atoms with Crippen molar-refractivity contribution < 1.29 is 15.9 Å². The predicted molar refractivity (Wildman–Crippen MR) is 105 cm³/mol. The second-order valence-electron chi connectivity index (χ2n) is 7.86. The van der Waals surface area contributed by atoms with E-state index in [0.29, 0.717) is 6.42 Å². The van der Waals surface area contributed by atoms with Crippen LogP contribution in [0.4, 0.5) is 0 Å². The molecule has 0 saturated carbocycles. The highest BCUT2D eigenvalue weighted by Gasteiger charge is 2.29. The molecule has 0 fully saturated rings. The summed E-state index contributed by atoms with van der Waals surface area (Å²) in [6.45, 7) is 2.83. The summed E-state index contributed by atoms with van der Waals surface area (Å²) in [5.74, 6) is 0. The number of aliphatic hydroxyl groups excluding tert-OH is 2. The normalized spacial score (nSPS) is 12.0. The maximum atomic E-state index is 9.30. The summed E-state index contributed by atoms with van der Waals surface area (Å²) in [7, 11) is 0.